The average molecular weight is 421 g/mol. The molecule has 1 aromatic carbocycles. The van der Waals surface area contributed by atoms with Crippen LogP contribution >= 0.6 is 34.8 Å². The SMILES string of the molecule is O=c1c2cnn(-c3ccc(Cl)cc3)c2nc(-c2ccc(Cl)nc2)n1CCCl. The molecule has 0 atom stereocenters. The molecule has 0 aliphatic heterocycles. The van der Waals surface area contributed by atoms with Crippen LogP contribution in [0.2, 0.25) is 10.2 Å². The monoisotopic (exact) mass is 419 g/mol. The van der Waals surface area contributed by atoms with Crippen LogP contribution in [0.3, 0.4) is 0 Å². The lowest BCUT2D eigenvalue weighted by Gasteiger charge is -2.12. The molecule has 136 valence electrons. The summed E-state index contributed by atoms with van der Waals surface area (Å²) in [4.78, 5) is 21.8. The first-order valence-electron chi connectivity index (χ1n) is 8.01. The fourth-order valence-electron chi connectivity index (χ4n) is 2.79. The second-order valence-electron chi connectivity index (χ2n) is 5.72. The normalized spacial score (nSPS) is 11.2. The minimum Gasteiger partial charge on any atom is -0.291 e. The van der Waals surface area contributed by atoms with Gasteiger partial charge in [-0.15, -0.1) is 11.6 Å². The zero-order valence-corrected chi connectivity index (χ0v) is 16.1. The summed E-state index contributed by atoms with van der Waals surface area (Å²) in [5.74, 6) is 0.722. The van der Waals surface area contributed by atoms with E-state index in [4.69, 9.17) is 39.8 Å². The quantitative estimate of drug-likeness (QED) is 0.367. The number of alkyl halides is 1. The van der Waals surface area contributed by atoms with Crippen LogP contribution in [0, 0.1) is 0 Å². The van der Waals surface area contributed by atoms with Crippen molar-refractivity contribution in [3.05, 3.63) is 69.3 Å². The standard InChI is InChI=1S/C18H12Cl3N5O/c19-7-8-25-16(11-1-6-15(21)22-9-11)24-17-14(18(25)27)10-23-26(17)13-4-2-12(20)3-5-13/h1-6,9-10H,7-8H2. The maximum atomic E-state index is 13.0. The lowest BCUT2D eigenvalue weighted by Crippen LogP contribution is -2.24. The molecule has 27 heavy (non-hydrogen) atoms. The van der Waals surface area contributed by atoms with Gasteiger partial charge in [-0.2, -0.15) is 5.10 Å². The van der Waals surface area contributed by atoms with E-state index in [9.17, 15) is 4.79 Å². The van der Waals surface area contributed by atoms with Crippen molar-refractivity contribution in [2.45, 2.75) is 6.54 Å². The van der Waals surface area contributed by atoms with Crippen molar-refractivity contribution in [3.8, 4) is 17.1 Å². The van der Waals surface area contributed by atoms with E-state index in [2.05, 4.69) is 10.1 Å². The van der Waals surface area contributed by atoms with Crippen LogP contribution in [0.25, 0.3) is 28.1 Å². The van der Waals surface area contributed by atoms with E-state index < -0.39 is 0 Å². The highest BCUT2D eigenvalue weighted by Gasteiger charge is 2.17. The summed E-state index contributed by atoms with van der Waals surface area (Å²) >= 11 is 17.7. The molecular formula is C18H12Cl3N5O. The summed E-state index contributed by atoms with van der Waals surface area (Å²) in [5, 5.41) is 5.71. The van der Waals surface area contributed by atoms with Crippen LogP contribution in [-0.4, -0.2) is 30.2 Å². The van der Waals surface area contributed by atoms with Crippen molar-refractivity contribution in [1.82, 2.24) is 24.3 Å². The number of nitrogens with zero attached hydrogens (tertiary/aromatic N) is 5. The Morgan fingerprint density at radius 1 is 1.00 bits per heavy atom. The fraction of sp³-hybridized carbons (Fsp3) is 0.111. The van der Waals surface area contributed by atoms with Gasteiger partial charge in [-0.05, 0) is 36.4 Å². The third-order valence-corrected chi connectivity index (χ3v) is 4.70. The summed E-state index contributed by atoms with van der Waals surface area (Å²) in [6, 6.07) is 10.5. The van der Waals surface area contributed by atoms with Gasteiger partial charge in [-0.1, -0.05) is 23.2 Å². The van der Waals surface area contributed by atoms with E-state index in [0.29, 0.717) is 39.1 Å². The van der Waals surface area contributed by atoms with Gasteiger partial charge in [0.05, 0.1) is 11.9 Å². The lowest BCUT2D eigenvalue weighted by atomic mass is 10.2. The van der Waals surface area contributed by atoms with Gasteiger partial charge < -0.3 is 0 Å². The average Bonchev–Trinajstić information content (AvgIpc) is 3.09. The van der Waals surface area contributed by atoms with Crippen molar-refractivity contribution in [1.29, 1.82) is 0 Å². The Morgan fingerprint density at radius 3 is 2.44 bits per heavy atom. The summed E-state index contributed by atoms with van der Waals surface area (Å²) in [5.41, 5.74) is 1.63. The van der Waals surface area contributed by atoms with Gasteiger partial charge in [0, 0.05) is 29.2 Å². The van der Waals surface area contributed by atoms with Crippen LogP contribution in [0.5, 0.6) is 0 Å². The summed E-state index contributed by atoms with van der Waals surface area (Å²) < 4.78 is 3.12. The Bertz CT molecular complexity index is 1170. The molecular weight excluding hydrogens is 409 g/mol. The number of pyridine rings is 1. The van der Waals surface area contributed by atoms with Crippen LogP contribution in [-0.2, 0) is 6.54 Å². The molecule has 9 heteroatoms. The first-order valence-corrected chi connectivity index (χ1v) is 9.30. The molecule has 3 heterocycles. The van der Waals surface area contributed by atoms with Gasteiger partial charge in [0.25, 0.3) is 5.56 Å². The number of halogens is 3. The van der Waals surface area contributed by atoms with Crippen molar-refractivity contribution < 1.29 is 0 Å². The van der Waals surface area contributed by atoms with Gasteiger partial charge in [-0.3, -0.25) is 9.36 Å². The highest BCUT2D eigenvalue weighted by atomic mass is 35.5. The topological polar surface area (TPSA) is 65.6 Å². The molecule has 0 unspecified atom stereocenters. The largest absolute Gasteiger partial charge is 0.291 e. The highest BCUT2D eigenvalue weighted by Crippen LogP contribution is 2.22. The van der Waals surface area contributed by atoms with Crippen molar-refractivity contribution in [2.24, 2.45) is 0 Å². The first kappa shape index (κ1) is 18.0. The number of benzene rings is 1. The van der Waals surface area contributed by atoms with Crippen molar-refractivity contribution in [3.63, 3.8) is 0 Å². The molecule has 4 aromatic rings. The molecule has 0 amide bonds. The Kier molecular flexibility index (Phi) is 4.86. The number of hydrogen-bond acceptors (Lipinski definition) is 4. The molecule has 4 rings (SSSR count). The molecule has 0 aliphatic rings. The summed E-state index contributed by atoms with van der Waals surface area (Å²) in [6.07, 6.45) is 3.08. The molecule has 3 aromatic heterocycles. The lowest BCUT2D eigenvalue weighted by molar-refractivity contribution is 0.730. The molecule has 0 saturated carbocycles. The third-order valence-electron chi connectivity index (χ3n) is 4.05. The third kappa shape index (κ3) is 3.32. The van der Waals surface area contributed by atoms with E-state index in [0.717, 1.165) is 5.69 Å². The van der Waals surface area contributed by atoms with E-state index in [1.807, 2.05) is 12.1 Å². The van der Waals surface area contributed by atoms with Crippen LogP contribution in [0.1, 0.15) is 0 Å². The molecule has 0 aliphatic carbocycles. The number of hydrogen-bond donors (Lipinski definition) is 0. The Morgan fingerprint density at radius 2 is 1.78 bits per heavy atom. The minimum absolute atomic E-state index is 0.217. The molecule has 6 nitrogen and oxygen atoms in total. The second kappa shape index (κ2) is 7.31. The van der Waals surface area contributed by atoms with Crippen LogP contribution in [0.15, 0.2) is 53.6 Å². The maximum Gasteiger partial charge on any atom is 0.264 e. The Balaban J connectivity index is 1.99. The zero-order valence-electron chi connectivity index (χ0n) is 13.8. The Labute approximate surface area is 169 Å². The number of rotatable bonds is 4. The number of fused-ring (bicyclic) bond motifs is 1. The molecule has 0 N–H and O–H groups in total. The number of aromatic nitrogens is 5. The molecule has 0 saturated heterocycles. The minimum atomic E-state index is -0.217. The molecule has 0 radical (unpaired) electrons. The van der Waals surface area contributed by atoms with Crippen LogP contribution < -0.4 is 5.56 Å². The molecule has 0 bridgehead atoms. The van der Waals surface area contributed by atoms with E-state index >= 15 is 0 Å². The van der Waals surface area contributed by atoms with Crippen molar-refractivity contribution in [2.75, 3.05) is 5.88 Å². The van der Waals surface area contributed by atoms with Gasteiger partial charge in [0.1, 0.15) is 16.4 Å². The van der Waals surface area contributed by atoms with Crippen LogP contribution in [0.4, 0.5) is 0 Å². The fourth-order valence-corrected chi connectivity index (χ4v) is 3.20. The van der Waals surface area contributed by atoms with E-state index in [1.54, 1.807) is 35.1 Å². The first-order chi connectivity index (χ1) is 13.1. The smallest absolute Gasteiger partial charge is 0.264 e. The molecule has 0 spiro atoms. The van der Waals surface area contributed by atoms with E-state index in [1.165, 1.54) is 10.8 Å². The van der Waals surface area contributed by atoms with Gasteiger partial charge in [-0.25, -0.2) is 14.6 Å². The predicted octanol–water partition coefficient (Wildman–Crippen LogP) is 4.19. The Hall–Kier alpha value is -2.41. The zero-order chi connectivity index (χ0) is 19.0. The summed E-state index contributed by atoms with van der Waals surface area (Å²) in [6.45, 7) is 0.313. The van der Waals surface area contributed by atoms with Gasteiger partial charge in [0.2, 0.25) is 0 Å². The maximum absolute atomic E-state index is 13.0. The highest BCUT2D eigenvalue weighted by molar-refractivity contribution is 6.30. The molecule has 0 fully saturated rings. The van der Waals surface area contributed by atoms with Crippen molar-refractivity contribution >= 4 is 45.8 Å². The van der Waals surface area contributed by atoms with Gasteiger partial charge >= 0.3 is 0 Å². The van der Waals surface area contributed by atoms with Gasteiger partial charge in [0.15, 0.2) is 5.65 Å². The second-order valence-corrected chi connectivity index (χ2v) is 6.92. The summed E-state index contributed by atoms with van der Waals surface area (Å²) in [7, 11) is 0. The predicted molar refractivity (Wildman–Crippen MR) is 107 cm³/mol. The van der Waals surface area contributed by atoms with E-state index in [-0.39, 0.29) is 11.4 Å².